The minimum Gasteiger partial charge on any atom is -0.340 e. The molecule has 3 nitrogen and oxygen atoms in total. The van der Waals surface area contributed by atoms with Crippen LogP contribution in [0.1, 0.15) is 50.2 Å². The van der Waals surface area contributed by atoms with Gasteiger partial charge in [0.15, 0.2) is 0 Å². The number of rotatable bonds is 6. The number of hydrogen-bond donors (Lipinski definition) is 1. The predicted octanol–water partition coefficient (Wildman–Crippen LogP) is 2.95. The van der Waals surface area contributed by atoms with E-state index in [0.717, 1.165) is 39.0 Å². The number of benzene rings is 1. The molecule has 0 aromatic heterocycles. The Morgan fingerprint density at radius 2 is 1.90 bits per heavy atom. The summed E-state index contributed by atoms with van der Waals surface area (Å²) in [5.74, 6) is 0.762. The van der Waals surface area contributed by atoms with Gasteiger partial charge in [-0.05, 0) is 29.9 Å². The van der Waals surface area contributed by atoms with Crippen LogP contribution in [0.5, 0.6) is 0 Å². The third-order valence-electron chi connectivity index (χ3n) is 4.35. The molecule has 1 aliphatic rings. The van der Waals surface area contributed by atoms with E-state index < -0.39 is 0 Å². The summed E-state index contributed by atoms with van der Waals surface area (Å²) in [6.07, 6.45) is 3.94. The van der Waals surface area contributed by atoms with E-state index in [1.807, 2.05) is 4.90 Å². The maximum atomic E-state index is 12.2. The van der Waals surface area contributed by atoms with E-state index in [1.165, 1.54) is 17.5 Å². The number of carbonyl (C=O) groups is 1. The highest BCUT2D eigenvalue weighted by atomic mass is 16.2. The molecule has 1 fully saturated rings. The minimum absolute atomic E-state index is 0.311. The number of nitrogens with zero attached hydrogens (tertiary/aromatic N) is 1. The average molecular weight is 288 g/mol. The molecule has 0 aliphatic carbocycles. The second-order valence-corrected chi connectivity index (χ2v) is 6.06. The van der Waals surface area contributed by atoms with E-state index in [4.69, 9.17) is 0 Å². The summed E-state index contributed by atoms with van der Waals surface area (Å²) in [6, 6.07) is 8.91. The molecule has 0 spiro atoms. The molecular formula is C18H28N2O. The van der Waals surface area contributed by atoms with Crippen LogP contribution in [-0.4, -0.2) is 37.0 Å². The maximum Gasteiger partial charge on any atom is 0.222 e. The Balaban J connectivity index is 1.80. The van der Waals surface area contributed by atoms with Crippen molar-refractivity contribution in [2.45, 2.75) is 45.4 Å². The quantitative estimate of drug-likeness (QED) is 0.873. The van der Waals surface area contributed by atoms with Gasteiger partial charge in [-0.3, -0.25) is 4.79 Å². The number of piperazine rings is 1. The first-order valence-corrected chi connectivity index (χ1v) is 8.28. The molecule has 1 unspecified atom stereocenters. The van der Waals surface area contributed by atoms with Gasteiger partial charge in [0, 0.05) is 32.6 Å². The van der Waals surface area contributed by atoms with Gasteiger partial charge in [-0.2, -0.15) is 0 Å². The summed E-state index contributed by atoms with van der Waals surface area (Å²) in [7, 11) is 0. The smallest absolute Gasteiger partial charge is 0.222 e. The number of nitrogens with one attached hydrogen (secondary N) is 1. The molecule has 1 atom stereocenters. The molecule has 1 aliphatic heterocycles. The van der Waals surface area contributed by atoms with Crippen molar-refractivity contribution in [3.8, 4) is 0 Å². The molecule has 0 radical (unpaired) electrons. The van der Waals surface area contributed by atoms with Crippen molar-refractivity contribution in [2.24, 2.45) is 0 Å². The van der Waals surface area contributed by atoms with Gasteiger partial charge in [0.2, 0.25) is 5.91 Å². The van der Waals surface area contributed by atoms with Crippen molar-refractivity contribution in [3.05, 3.63) is 35.4 Å². The summed E-state index contributed by atoms with van der Waals surface area (Å²) in [4.78, 5) is 14.2. The van der Waals surface area contributed by atoms with Crippen molar-refractivity contribution in [1.29, 1.82) is 0 Å². The summed E-state index contributed by atoms with van der Waals surface area (Å²) >= 11 is 0. The predicted molar refractivity (Wildman–Crippen MR) is 87.5 cm³/mol. The van der Waals surface area contributed by atoms with Crippen molar-refractivity contribution in [2.75, 3.05) is 26.2 Å². The lowest BCUT2D eigenvalue weighted by Gasteiger charge is -2.27. The van der Waals surface area contributed by atoms with E-state index in [1.54, 1.807) is 0 Å². The molecule has 1 amide bonds. The fourth-order valence-electron chi connectivity index (χ4n) is 2.88. The molecule has 3 heteroatoms. The highest BCUT2D eigenvalue weighted by Gasteiger charge is 2.17. The Hall–Kier alpha value is -1.35. The number of aryl methyl sites for hydroxylation is 1. The molecule has 0 saturated carbocycles. The SMILES string of the molecule is CCCc1ccc(C(C)CCC(=O)N2CCNCC2)cc1. The van der Waals surface area contributed by atoms with Crippen LogP contribution in [0.2, 0.25) is 0 Å². The first-order valence-electron chi connectivity index (χ1n) is 8.28. The van der Waals surface area contributed by atoms with E-state index in [9.17, 15) is 4.79 Å². The zero-order chi connectivity index (χ0) is 15.1. The standard InChI is InChI=1S/C18H28N2O/c1-3-4-16-6-8-17(9-7-16)15(2)5-10-18(21)20-13-11-19-12-14-20/h6-9,15,19H,3-5,10-14H2,1-2H3. The largest absolute Gasteiger partial charge is 0.340 e. The molecule has 0 bridgehead atoms. The summed E-state index contributed by atoms with van der Waals surface area (Å²) in [6.45, 7) is 8.01. The second kappa shape index (κ2) is 8.18. The molecule has 2 rings (SSSR count). The maximum absolute atomic E-state index is 12.2. The van der Waals surface area contributed by atoms with Crippen LogP contribution in [0.3, 0.4) is 0 Å². The lowest BCUT2D eigenvalue weighted by Crippen LogP contribution is -2.46. The van der Waals surface area contributed by atoms with Crippen LogP contribution < -0.4 is 5.32 Å². The average Bonchev–Trinajstić information content (AvgIpc) is 2.54. The molecule has 1 aromatic rings. The molecule has 1 N–H and O–H groups in total. The highest BCUT2D eigenvalue weighted by Crippen LogP contribution is 2.22. The number of carbonyl (C=O) groups excluding carboxylic acids is 1. The first kappa shape index (κ1) is 16.0. The summed E-state index contributed by atoms with van der Waals surface area (Å²) in [5.41, 5.74) is 2.76. The van der Waals surface area contributed by atoms with Gasteiger partial charge in [0.25, 0.3) is 0 Å². The van der Waals surface area contributed by atoms with E-state index >= 15 is 0 Å². The van der Waals surface area contributed by atoms with Crippen LogP contribution >= 0.6 is 0 Å². The van der Waals surface area contributed by atoms with Gasteiger partial charge in [-0.25, -0.2) is 0 Å². The Morgan fingerprint density at radius 3 is 2.52 bits per heavy atom. The summed E-state index contributed by atoms with van der Waals surface area (Å²) < 4.78 is 0. The van der Waals surface area contributed by atoms with E-state index in [2.05, 4.69) is 43.4 Å². The van der Waals surface area contributed by atoms with Crippen molar-refractivity contribution >= 4 is 5.91 Å². The van der Waals surface area contributed by atoms with Gasteiger partial charge in [-0.15, -0.1) is 0 Å². The summed E-state index contributed by atoms with van der Waals surface area (Å²) in [5, 5.41) is 3.28. The Kier molecular flexibility index (Phi) is 6.24. The van der Waals surface area contributed by atoms with Gasteiger partial charge in [0.05, 0.1) is 0 Å². The van der Waals surface area contributed by atoms with Crippen molar-refractivity contribution in [1.82, 2.24) is 10.2 Å². The van der Waals surface area contributed by atoms with Gasteiger partial charge in [-0.1, -0.05) is 44.5 Å². The zero-order valence-corrected chi connectivity index (χ0v) is 13.4. The van der Waals surface area contributed by atoms with Crippen LogP contribution in [0.4, 0.5) is 0 Å². The lowest BCUT2D eigenvalue weighted by atomic mass is 9.94. The van der Waals surface area contributed by atoms with Crippen LogP contribution in [0.25, 0.3) is 0 Å². The number of hydrogen-bond acceptors (Lipinski definition) is 2. The molecule has 116 valence electrons. The molecule has 1 aromatic carbocycles. The third kappa shape index (κ3) is 4.85. The zero-order valence-electron chi connectivity index (χ0n) is 13.4. The van der Waals surface area contributed by atoms with E-state index in [-0.39, 0.29) is 0 Å². The molecular weight excluding hydrogens is 260 g/mol. The lowest BCUT2D eigenvalue weighted by molar-refractivity contribution is -0.131. The van der Waals surface area contributed by atoms with Crippen molar-refractivity contribution < 1.29 is 4.79 Å². The Morgan fingerprint density at radius 1 is 1.24 bits per heavy atom. The Labute approximate surface area is 128 Å². The van der Waals surface area contributed by atoms with Crippen LogP contribution in [0, 0.1) is 0 Å². The first-order chi connectivity index (χ1) is 10.2. The highest BCUT2D eigenvalue weighted by molar-refractivity contribution is 5.76. The van der Waals surface area contributed by atoms with E-state index in [0.29, 0.717) is 18.2 Å². The monoisotopic (exact) mass is 288 g/mol. The minimum atomic E-state index is 0.311. The van der Waals surface area contributed by atoms with Crippen LogP contribution in [-0.2, 0) is 11.2 Å². The van der Waals surface area contributed by atoms with Gasteiger partial charge >= 0.3 is 0 Å². The van der Waals surface area contributed by atoms with Gasteiger partial charge in [0.1, 0.15) is 0 Å². The molecule has 1 heterocycles. The number of amides is 1. The second-order valence-electron chi connectivity index (χ2n) is 6.06. The van der Waals surface area contributed by atoms with Crippen LogP contribution in [0.15, 0.2) is 24.3 Å². The normalized spacial score (nSPS) is 16.8. The van der Waals surface area contributed by atoms with Gasteiger partial charge < -0.3 is 10.2 Å². The van der Waals surface area contributed by atoms with Crippen molar-refractivity contribution in [3.63, 3.8) is 0 Å². The fourth-order valence-corrected chi connectivity index (χ4v) is 2.88. The topological polar surface area (TPSA) is 32.3 Å². The fraction of sp³-hybridized carbons (Fsp3) is 0.611. The molecule has 1 saturated heterocycles. The molecule has 21 heavy (non-hydrogen) atoms. The third-order valence-corrected chi connectivity index (χ3v) is 4.35. The Bertz CT molecular complexity index is 435.